The predicted octanol–water partition coefficient (Wildman–Crippen LogP) is 1.92. The van der Waals surface area contributed by atoms with Gasteiger partial charge in [-0.3, -0.25) is 0 Å². The molecule has 2 rings (SSSR count). The lowest BCUT2D eigenvalue weighted by Crippen LogP contribution is -2.08. The fourth-order valence-corrected chi connectivity index (χ4v) is 1.47. The van der Waals surface area contributed by atoms with Crippen LogP contribution in [0, 0.1) is 10.1 Å². The number of aromatic nitrogens is 3. The maximum atomic E-state index is 10.4. The van der Waals surface area contributed by atoms with Crippen LogP contribution in [0.2, 0.25) is 5.02 Å². The van der Waals surface area contributed by atoms with Crippen LogP contribution in [0.25, 0.3) is 0 Å². The Kier molecular flexibility index (Phi) is 3.73. The van der Waals surface area contributed by atoms with Crippen molar-refractivity contribution in [1.29, 1.82) is 0 Å². The zero-order valence-corrected chi connectivity index (χ0v) is 9.95. The number of hydrogen-bond donors (Lipinski definition) is 0. The van der Waals surface area contributed by atoms with Crippen LogP contribution in [0.5, 0.6) is 5.75 Å². The van der Waals surface area contributed by atoms with Crippen molar-refractivity contribution in [1.82, 2.24) is 14.8 Å². The molecule has 18 heavy (non-hydrogen) atoms. The highest BCUT2D eigenvalue weighted by Gasteiger charge is 2.12. The van der Waals surface area contributed by atoms with Gasteiger partial charge in [-0.15, -0.1) is 0 Å². The average molecular weight is 269 g/mol. The summed E-state index contributed by atoms with van der Waals surface area (Å²) in [7, 11) is 0. The van der Waals surface area contributed by atoms with E-state index in [1.807, 2.05) is 0 Å². The summed E-state index contributed by atoms with van der Waals surface area (Å²) in [4.78, 5) is 13.3. The summed E-state index contributed by atoms with van der Waals surface area (Å²) in [5, 5.41) is 14.6. The Morgan fingerprint density at radius 3 is 3.00 bits per heavy atom. The minimum absolute atomic E-state index is 0.320. The van der Waals surface area contributed by atoms with Gasteiger partial charge in [0.1, 0.15) is 12.4 Å². The third-order valence-corrected chi connectivity index (χ3v) is 2.31. The topological polar surface area (TPSA) is 83.1 Å². The zero-order chi connectivity index (χ0) is 13.0. The number of halogens is 1. The molecule has 94 valence electrons. The van der Waals surface area contributed by atoms with Crippen molar-refractivity contribution in [2.75, 3.05) is 6.61 Å². The summed E-state index contributed by atoms with van der Waals surface area (Å²) in [5.74, 6) is 0.217. The van der Waals surface area contributed by atoms with Gasteiger partial charge in [0.05, 0.1) is 6.54 Å². The normalized spacial score (nSPS) is 10.3. The second-order valence-electron chi connectivity index (χ2n) is 3.37. The molecule has 0 fully saturated rings. The molecule has 2 aromatic rings. The number of benzene rings is 1. The molecule has 0 aliphatic rings. The molecule has 1 aromatic carbocycles. The molecule has 0 spiro atoms. The van der Waals surface area contributed by atoms with Gasteiger partial charge < -0.3 is 14.9 Å². The van der Waals surface area contributed by atoms with Crippen LogP contribution in [0.1, 0.15) is 0 Å². The predicted molar refractivity (Wildman–Crippen MR) is 63.6 cm³/mol. The van der Waals surface area contributed by atoms with Gasteiger partial charge in [0, 0.05) is 10.1 Å². The highest BCUT2D eigenvalue weighted by Crippen LogP contribution is 2.16. The van der Waals surface area contributed by atoms with E-state index in [9.17, 15) is 10.1 Å². The molecular formula is C10H9ClN4O3. The summed E-state index contributed by atoms with van der Waals surface area (Å²) in [5.41, 5.74) is 0. The Balaban J connectivity index is 1.86. The first-order chi connectivity index (χ1) is 8.65. The van der Waals surface area contributed by atoms with E-state index in [1.54, 1.807) is 24.3 Å². The Bertz CT molecular complexity index is 558. The van der Waals surface area contributed by atoms with Crippen molar-refractivity contribution < 1.29 is 9.66 Å². The molecule has 0 aliphatic carbocycles. The van der Waals surface area contributed by atoms with Crippen LogP contribution in [0.3, 0.4) is 0 Å². The molecule has 0 amide bonds. The Hall–Kier alpha value is -2.15. The molecule has 0 N–H and O–H groups in total. The van der Waals surface area contributed by atoms with Crippen LogP contribution >= 0.6 is 11.6 Å². The Morgan fingerprint density at radius 2 is 2.33 bits per heavy atom. The molecule has 0 saturated carbocycles. The lowest BCUT2D eigenvalue weighted by molar-refractivity contribution is -0.394. The first-order valence-corrected chi connectivity index (χ1v) is 5.45. The van der Waals surface area contributed by atoms with Gasteiger partial charge in [0.15, 0.2) is 0 Å². The molecule has 7 nitrogen and oxygen atoms in total. The van der Waals surface area contributed by atoms with Gasteiger partial charge in [-0.05, 0) is 23.1 Å². The van der Waals surface area contributed by atoms with E-state index >= 15 is 0 Å². The molecule has 0 bridgehead atoms. The minimum atomic E-state index is -0.645. The Labute approximate surface area is 107 Å². The lowest BCUT2D eigenvalue weighted by atomic mass is 10.3. The van der Waals surface area contributed by atoms with E-state index in [-0.39, 0.29) is 0 Å². The lowest BCUT2D eigenvalue weighted by Gasteiger charge is -2.04. The minimum Gasteiger partial charge on any atom is -0.492 e. The summed E-state index contributed by atoms with van der Waals surface area (Å²) >= 11 is 5.80. The monoisotopic (exact) mass is 268 g/mol. The standard InChI is InChI=1S/C10H9ClN4O3/c11-8-2-1-3-9(6-8)18-5-4-14-7-12-10(13-14)15(16)17/h1-3,6-7H,4-5H2. The highest BCUT2D eigenvalue weighted by molar-refractivity contribution is 6.30. The first-order valence-electron chi connectivity index (χ1n) is 5.07. The molecule has 1 aromatic heterocycles. The third-order valence-electron chi connectivity index (χ3n) is 2.07. The van der Waals surface area contributed by atoms with Crippen molar-refractivity contribution >= 4 is 17.5 Å². The molecule has 8 heteroatoms. The molecular weight excluding hydrogens is 260 g/mol. The van der Waals surface area contributed by atoms with Crippen LogP contribution in [-0.2, 0) is 6.54 Å². The summed E-state index contributed by atoms with van der Waals surface area (Å²) in [6, 6.07) is 6.98. The van der Waals surface area contributed by atoms with E-state index in [0.29, 0.717) is 23.9 Å². The van der Waals surface area contributed by atoms with Gasteiger partial charge in [-0.1, -0.05) is 22.7 Å². The first kappa shape index (κ1) is 12.3. The van der Waals surface area contributed by atoms with E-state index < -0.39 is 10.9 Å². The van der Waals surface area contributed by atoms with E-state index in [0.717, 1.165) is 0 Å². The number of nitro groups is 1. The van der Waals surface area contributed by atoms with Crippen LogP contribution in [-0.4, -0.2) is 26.3 Å². The molecule has 0 radical (unpaired) electrons. The van der Waals surface area contributed by atoms with Crippen molar-refractivity contribution in [3.8, 4) is 5.75 Å². The molecule has 0 aliphatic heterocycles. The van der Waals surface area contributed by atoms with Gasteiger partial charge in [0.25, 0.3) is 0 Å². The van der Waals surface area contributed by atoms with Crippen LogP contribution in [0.4, 0.5) is 5.95 Å². The summed E-state index contributed by atoms with van der Waals surface area (Å²) < 4.78 is 6.77. The molecule has 0 unspecified atom stereocenters. The van der Waals surface area contributed by atoms with Crippen molar-refractivity contribution in [3.05, 3.63) is 45.7 Å². The van der Waals surface area contributed by atoms with Crippen LogP contribution in [0.15, 0.2) is 30.6 Å². The third kappa shape index (κ3) is 3.17. The molecule has 0 saturated heterocycles. The van der Waals surface area contributed by atoms with E-state index in [4.69, 9.17) is 16.3 Å². The van der Waals surface area contributed by atoms with Crippen molar-refractivity contribution in [2.24, 2.45) is 0 Å². The fourth-order valence-electron chi connectivity index (χ4n) is 1.29. The maximum Gasteiger partial charge on any atom is 0.490 e. The quantitative estimate of drug-likeness (QED) is 0.611. The van der Waals surface area contributed by atoms with Gasteiger partial charge in [0.2, 0.25) is 6.33 Å². The largest absolute Gasteiger partial charge is 0.492 e. The second-order valence-corrected chi connectivity index (χ2v) is 3.81. The van der Waals surface area contributed by atoms with Gasteiger partial charge in [-0.2, -0.15) is 4.68 Å². The van der Waals surface area contributed by atoms with Gasteiger partial charge in [-0.25, -0.2) is 0 Å². The summed E-state index contributed by atoms with van der Waals surface area (Å²) in [6.07, 6.45) is 1.29. The molecule has 0 atom stereocenters. The van der Waals surface area contributed by atoms with Crippen LogP contribution < -0.4 is 4.74 Å². The Morgan fingerprint density at radius 1 is 1.50 bits per heavy atom. The maximum absolute atomic E-state index is 10.4. The van der Waals surface area contributed by atoms with Crippen molar-refractivity contribution in [3.63, 3.8) is 0 Å². The smallest absolute Gasteiger partial charge is 0.490 e. The zero-order valence-electron chi connectivity index (χ0n) is 9.19. The van der Waals surface area contributed by atoms with E-state index in [1.165, 1.54) is 11.0 Å². The number of ether oxygens (including phenoxy) is 1. The molecule has 1 heterocycles. The van der Waals surface area contributed by atoms with Crippen molar-refractivity contribution in [2.45, 2.75) is 6.54 Å². The number of rotatable bonds is 5. The number of hydrogen-bond acceptors (Lipinski definition) is 5. The second kappa shape index (κ2) is 5.46. The highest BCUT2D eigenvalue weighted by atomic mass is 35.5. The fraction of sp³-hybridized carbons (Fsp3) is 0.200. The number of nitrogens with zero attached hydrogens (tertiary/aromatic N) is 4. The SMILES string of the molecule is O=[N+]([O-])c1ncn(CCOc2cccc(Cl)c2)n1. The summed E-state index contributed by atoms with van der Waals surface area (Å²) in [6.45, 7) is 0.689. The van der Waals surface area contributed by atoms with Gasteiger partial charge >= 0.3 is 5.95 Å². The average Bonchev–Trinajstić information content (AvgIpc) is 2.78. The van der Waals surface area contributed by atoms with E-state index in [2.05, 4.69) is 10.1 Å².